The standard InChI is InChI=1S/C13H13ClN4S/c1-9-16-7-10(19-9)8-18-12(4-5-14)17-11-3-2-6-15-13(11)18/h2-3,6-7H,4-5,8H2,1H3. The summed E-state index contributed by atoms with van der Waals surface area (Å²) in [5, 5.41) is 1.08. The average Bonchev–Trinajstić information content (AvgIpc) is 2.96. The summed E-state index contributed by atoms with van der Waals surface area (Å²) < 4.78 is 2.13. The number of alkyl halides is 1. The number of halogens is 1. The van der Waals surface area contributed by atoms with Gasteiger partial charge in [-0.2, -0.15) is 0 Å². The Labute approximate surface area is 120 Å². The highest BCUT2D eigenvalue weighted by atomic mass is 35.5. The number of pyridine rings is 1. The predicted molar refractivity (Wildman–Crippen MR) is 77.9 cm³/mol. The number of fused-ring (bicyclic) bond motifs is 1. The molecule has 0 saturated heterocycles. The number of rotatable bonds is 4. The van der Waals surface area contributed by atoms with Crippen molar-refractivity contribution in [2.45, 2.75) is 19.9 Å². The summed E-state index contributed by atoms with van der Waals surface area (Å²) in [7, 11) is 0. The lowest BCUT2D eigenvalue weighted by molar-refractivity contribution is 0.755. The lowest BCUT2D eigenvalue weighted by Gasteiger charge is -2.05. The quantitative estimate of drug-likeness (QED) is 0.694. The van der Waals surface area contributed by atoms with Crippen LogP contribution in [0.1, 0.15) is 15.7 Å². The number of nitrogens with zero attached hydrogens (tertiary/aromatic N) is 4. The molecule has 6 heteroatoms. The zero-order chi connectivity index (χ0) is 13.2. The Bertz CT molecular complexity index is 704. The fraction of sp³-hybridized carbons (Fsp3) is 0.308. The molecule has 0 atom stereocenters. The summed E-state index contributed by atoms with van der Waals surface area (Å²) in [4.78, 5) is 14.5. The largest absolute Gasteiger partial charge is 0.307 e. The van der Waals surface area contributed by atoms with Crippen LogP contribution >= 0.6 is 22.9 Å². The third-order valence-corrected chi connectivity index (χ3v) is 3.97. The van der Waals surface area contributed by atoms with E-state index in [1.807, 2.05) is 25.3 Å². The monoisotopic (exact) mass is 292 g/mol. The molecule has 0 amide bonds. The van der Waals surface area contributed by atoms with Crippen LogP contribution in [0.2, 0.25) is 0 Å². The number of aromatic nitrogens is 4. The van der Waals surface area contributed by atoms with Gasteiger partial charge in [0.25, 0.3) is 0 Å². The van der Waals surface area contributed by atoms with Crippen molar-refractivity contribution in [1.29, 1.82) is 0 Å². The van der Waals surface area contributed by atoms with E-state index >= 15 is 0 Å². The van der Waals surface area contributed by atoms with E-state index in [0.29, 0.717) is 5.88 Å². The minimum atomic E-state index is 0.561. The van der Waals surface area contributed by atoms with Crippen LogP contribution < -0.4 is 0 Å². The van der Waals surface area contributed by atoms with Gasteiger partial charge in [0, 0.05) is 29.6 Å². The molecule has 3 aromatic heterocycles. The fourth-order valence-electron chi connectivity index (χ4n) is 2.08. The Morgan fingerprint density at radius 2 is 2.26 bits per heavy atom. The van der Waals surface area contributed by atoms with Crippen molar-refractivity contribution in [3.05, 3.63) is 40.2 Å². The summed E-state index contributed by atoms with van der Waals surface area (Å²) >= 11 is 7.56. The van der Waals surface area contributed by atoms with Crippen LogP contribution in [0.5, 0.6) is 0 Å². The minimum Gasteiger partial charge on any atom is -0.307 e. The van der Waals surface area contributed by atoms with Crippen LogP contribution in [0.15, 0.2) is 24.5 Å². The maximum atomic E-state index is 5.86. The lowest BCUT2D eigenvalue weighted by Crippen LogP contribution is -2.05. The number of imidazole rings is 1. The molecule has 0 aliphatic heterocycles. The molecular weight excluding hydrogens is 280 g/mol. The first-order valence-electron chi connectivity index (χ1n) is 6.05. The van der Waals surface area contributed by atoms with E-state index in [0.717, 1.165) is 35.0 Å². The molecule has 0 spiro atoms. The molecule has 0 N–H and O–H groups in total. The van der Waals surface area contributed by atoms with Crippen LogP contribution in [-0.4, -0.2) is 25.4 Å². The molecule has 0 saturated carbocycles. The smallest absolute Gasteiger partial charge is 0.160 e. The minimum absolute atomic E-state index is 0.561. The zero-order valence-corrected chi connectivity index (χ0v) is 12.1. The van der Waals surface area contributed by atoms with Crippen LogP contribution in [-0.2, 0) is 13.0 Å². The van der Waals surface area contributed by atoms with E-state index in [-0.39, 0.29) is 0 Å². The van der Waals surface area contributed by atoms with E-state index in [4.69, 9.17) is 11.6 Å². The summed E-state index contributed by atoms with van der Waals surface area (Å²) in [6.07, 6.45) is 4.46. The normalized spacial score (nSPS) is 11.3. The second-order valence-corrected chi connectivity index (χ2v) is 5.94. The Morgan fingerprint density at radius 3 is 3.00 bits per heavy atom. The molecular formula is C13H13ClN4S. The molecule has 0 aromatic carbocycles. The van der Waals surface area contributed by atoms with Gasteiger partial charge in [-0.1, -0.05) is 0 Å². The van der Waals surface area contributed by atoms with Crippen molar-refractivity contribution in [1.82, 2.24) is 19.5 Å². The van der Waals surface area contributed by atoms with Gasteiger partial charge in [0.2, 0.25) is 0 Å². The summed E-state index contributed by atoms with van der Waals surface area (Å²) in [5.41, 5.74) is 1.83. The van der Waals surface area contributed by atoms with Crippen molar-refractivity contribution < 1.29 is 0 Å². The highest BCUT2D eigenvalue weighted by Gasteiger charge is 2.12. The molecule has 0 bridgehead atoms. The topological polar surface area (TPSA) is 43.6 Å². The van der Waals surface area contributed by atoms with Gasteiger partial charge in [-0.25, -0.2) is 15.0 Å². The van der Waals surface area contributed by atoms with Crippen LogP contribution in [0.4, 0.5) is 0 Å². The third-order valence-electron chi connectivity index (χ3n) is 2.88. The van der Waals surface area contributed by atoms with Crippen molar-refractivity contribution in [2.24, 2.45) is 0 Å². The first-order chi connectivity index (χ1) is 9.28. The summed E-state index contributed by atoms with van der Waals surface area (Å²) in [6, 6.07) is 3.88. The Hall–Kier alpha value is -1.46. The Kier molecular flexibility index (Phi) is 3.48. The molecule has 0 radical (unpaired) electrons. The molecule has 0 unspecified atom stereocenters. The summed E-state index contributed by atoms with van der Waals surface area (Å²) in [5.74, 6) is 1.54. The van der Waals surface area contributed by atoms with E-state index in [1.165, 1.54) is 4.88 Å². The highest BCUT2D eigenvalue weighted by molar-refractivity contribution is 7.11. The maximum absolute atomic E-state index is 5.86. The molecule has 3 aromatic rings. The molecule has 0 fully saturated rings. The van der Waals surface area contributed by atoms with Crippen molar-refractivity contribution in [3.8, 4) is 0 Å². The van der Waals surface area contributed by atoms with E-state index in [2.05, 4.69) is 19.5 Å². The first kappa shape index (κ1) is 12.6. The van der Waals surface area contributed by atoms with Gasteiger partial charge >= 0.3 is 0 Å². The van der Waals surface area contributed by atoms with Crippen molar-refractivity contribution in [3.63, 3.8) is 0 Å². The molecule has 3 heterocycles. The van der Waals surface area contributed by atoms with Gasteiger partial charge in [-0.3, -0.25) is 0 Å². The van der Waals surface area contributed by atoms with Gasteiger partial charge in [-0.15, -0.1) is 22.9 Å². The molecule has 98 valence electrons. The number of hydrogen-bond donors (Lipinski definition) is 0. The van der Waals surface area contributed by atoms with Crippen LogP contribution in [0.3, 0.4) is 0 Å². The molecule has 4 nitrogen and oxygen atoms in total. The molecule has 3 rings (SSSR count). The third kappa shape index (κ3) is 2.48. The molecule has 19 heavy (non-hydrogen) atoms. The zero-order valence-electron chi connectivity index (χ0n) is 10.5. The number of aryl methyl sites for hydroxylation is 2. The van der Waals surface area contributed by atoms with Crippen molar-refractivity contribution in [2.75, 3.05) is 5.88 Å². The van der Waals surface area contributed by atoms with Crippen LogP contribution in [0.25, 0.3) is 11.2 Å². The molecule has 0 aliphatic carbocycles. The van der Waals surface area contributed by atoms with Gasteiger partial charge < -0.3 is 4.57 Å². The van der Waals surface area contributed by atoms with Crippen LogP contribution in [0, 0.1) is 6.92 Å². The first-order valence-corrected chi connectivity index (χ1v) is 7.40. The van der Waals surface area contributed by atoms with E-state index in [1.54, 1.807) is 17.5 Å². The second-order valence-electron chi connectivity index (χ2n) is 4.24. The predicted octanol–water partition coefficient (Wildman–Crippen LogP) is 3.03. The van der Waals surface area contributed by atoms with E-state index in [9.17, 15) is 0 Å². The SMILES string of the molecule is Cc1ncc(Cn2c(CCCl)nc3cccnc32)s1. The van der Waals surface area contributed by atoms with Gasteiger partial charge in [0.15, 0.2) is 5.65 Å². The summed E-state index contributed by atoms with van der Waals surface area (Å²) in [6.45, 7) is 2.77. The number of thiazole rings is 1. The van der Waals surface area contributed by atoms with Gasteiger partial charge in [0.1, 0.15) is 11.3 Å². The second kappa shape index (κ2) is 5.27. The van der Waals surface area contributed by atoms with Gasteiger partial charge in [-0.05, 0) is 19.1 Å². The Morgan fingerprint density at radius 1 is 1.37 bits per heavy atom. The number of hydrogen-bond acceptors (Lipinski definition) is 4. The molecule has 0 aliphatic rings. The average molecular weight is 293 g/mol. The Balaban J connectivity index is 2.06. The highest BCUT2D eigenvalue weighted by Crippen LogP contribution is 2.19. The van der Waals surface area contributed by atoms with E-state index < -0.39 is 0 Å². The van der Waals surface area contributed by atoms with Gasteiger partial charge in [0.05, 0.1) is 11.6 Å². The fourth-order valence-corrected chi connectivity index (χ4v) is 3.03. The lowest BCUT2D eigenvalue weighted by atomic mass is 10.4. The van der Waals surface area contributed by atoms with Crippen molar-refractivity contribution >= 4 is 34.1 Å². The maximum Gasteiger partial charge on any atom is 0.160 e.